The zero-order valence-electron chi connectivity index (χ0n) is 11.3. The van der Waals surface area contributed by atoms with Gasteiger partial charge in [-0.1, -0.05) is 35.6 Å². The minimum absolute atomic E-state index is 0.106. The maximum Gasteiger partial charge on any atom is 0.148 e. The van der Waals surface area contributed by atoms with Gasteiger partial charge in [0.1, 0.15) is 10.0 Å². The maximum atomic E-state index is 4.28. The van der Waals surface area contributed by atoms with Gasteiger partial charge in [0.15, 0.2) is 0 Å². The molecule has 0 radical (unpaired) electrons. The highest BCUT2D eigenvalue weighted by molar-refractivity contribution is 7.14. The summed E-state index contributed by atoms with van der Waals surface area (Å²) in [7, 11) is 0. The van der Waals surface area contributed by atoms with E-state index in [0.717, 1.165) is 16.6 Å². The van der Waals surface area contributed by atoms with Crippen molar-refractivity contribution in [2.45, 2.75) is 39.8 Å². The van der Waals surface area contributed by atoms with Crippen molar-refractivity contribution in [1.82, 2.24) is 15.5 Å². The third-order valence-electron chi connectivity index (χ3n) is 2.61. The molecule has 4 heteroatoms. The topological polar surface area (TPSA) is 37.8 Å². The van der Waals surface area contributed by atoms with Crippen LogP contribution >= 0.6 is 11.3 Å². The average Bonchev–Trinajstić information content (AvgIpc) is 2.75. The lowest BCUT2D eigenvalue weighted by molar-refractivity contribution is 0.423. The second-order valence-electron chi connectivity index (χ2n) is 5.42. The van der Waals surface area contributed by atoms with Crippen LogP contribution in [0.15, 0.2) is 24.3 Å². The molecule has 3 nitrogen and oxygen atoms in total. The van der Waals surface area contributed by atoms with E-state index >= 15 is 0 Å². The number of benzene rings is 1. The summed E-state index contributed by atoms with van der Waals surface area (Å²) in [4.78, 5) is 0. The van der Waals surface area contributed by atoms with Crippen molar-refractivity contribution < 1.29 is 0 Å². The summed E-state index contributed by atoms with van der Waals surface area (Å²) in [5.41, 5.74) is 2.52. The molecule has 0 aliphatic heterocycles. The maximum absolute atomic E-state index is 4.28. The lowest BCUT2D eigenvalue weighted by atomic mass is 10.1. The van der Waals surface area contributed by atoms with Crippen molar-refractivity contribution in [1.29, 1.82) is 0 Å². The Kier molecular flexibility index (Phi) is 3.78. The molecule has 0 atom stereocenters. The van der Waals surface area contributed by atoms with Crippen LogP contribution in [0, 0.1) is 6.92 Å². The molecule has 0 spiro atoms. The highest BCUT2D eigenvalue weighted by Gasteiger charge is 2.12. The van der Waals surface area contributed by atoms with Gasteiger partial charge in [-0.05, 0) is 33.3 Å². The van der Waals surface area contributed by atoms with E-state index in [1.807, 2.05) is 12.1 Å². The SMILES string of the molecule is Cc1ccccc1-c1nnc(CNC(C)(C)C)s1. The van der Waals surface area contributed by atoms with Gasteiger partial charge >= 0.3 is 0 Å². The molecule has 96 valence electrons. The van der Waals surface area contributed by atoms with E-state index in [9.17, 15) is 0 Å². The van der Waals surface area contributed by atoms with Gasteiger partial charge in [-0.3, -0.25) is 0 Å². The van der Waals surface area contributed by atoms with Crippen LogP contribution in [-0.4, -0.2) is 15.7 Å². The van der Waals surface area contributed by atoms with Crippen LogP contribution in [0.2, 0.25) is 0 Å². The number of rotatable bonds is 3. The van der Waals surface area contributed by atoms with Crippen LogP contribution in [0.1, 0.15) is 31.3 Å². The predicted octanol–water partition coefficient (Wildman–Crippen LogP) is 3.40. The Labute approximate surface area is 112 Å². The Morgan fingerprint density at radius 3 is 2.56 bits per heavy atom. The van der Waals surface area contributed by atoms with Crippen LogP contribution in [-0.2, 0) is 6.54 Å². The van der Waals surface area contributed by atoms with E-state index in [2.05, 4.69) is 55.3 Å². The summed E-state index contributed by atoms with van der Waals surface area (Å²) in [5.74, 6) is 0. The van der Waals surface area contributed by atoms with Crippen molar-refractivity contribution in [2.24, 2.45) is 0 Å². The van der Waals surface area contributed by atoms with Gasteiger partial charge in [0.2, 0.25) is 0 Å². The molecule has 0 saturated heterocycles. The van der Waals surface area contributed by atoms with Crippen LogP contribution in [0.25, 0.3) is 10.6 Å². The van der Waals surface area contributed by atoms with Crippen LogP contribution in [0.5, 0.6) is 0 Å². The second kappa shape index (κ2) is 5.16. The number of aromatic nitrogens is 2. The van der Waals surface area contributed by atoms with Crippen molar-refractivity contribution in [3.8, 4) is 10.6 Å². The molecule has 0 unspecified atom stereocenters. The summed E-state index contributed by atoms with van der Waals surface area (Å²) in [6.45, 7) is 9.32. The quantitative estimate of drug-likeness (QED) is 0.920. The molecule has 0 amide bonds. The fourth-order valence-electron chi connectivity index (χ4n) is 1.59. The van der Waals surface area contributed by atoms with Crippen LogP contribution in [0.4, 0.5) is 0 Å². The normalized spacial score (nSPS) is 11.8. The zero-order valence-corrected chi connectivity index (χ0v) is 12.1. The monoisotopic (exact) mass is 261 g/mol. The van der Waals surface area contributed by atoms with E-state index in [0.29, 0.717) is 0 Å². The van der Waals surface area contributed by atoms with E-state index < -0.39 is 0 Å². The first-order chi connectivity index (χ1) is 8.46. The lowest BCUT2D eigenvalue weighted by Crippen LogP contribution is -2.35. The Morgan fingerprint density at radius 2 is 1.89 bits per heavy atom. The number of hydrogen-bond donors (Lipinski definition) is 1. The first-order valence-electron chi connectivity index (χ1n) is 6.09. The van der Waals surface area contributed by atoms with Gasteiger partial charge in [-0.2, -0.15) is 0 Å². The summed E-state index contributed by atoms with van der Waals surface area (Å²) < 4.78 is 0. The van der Waals surface area contributed by atoms with Crippen LogP contribution in [0.3, 0.4) is 0 Å². The Hall–Kier alpha value is -1.26. The highest BCUT2D eigenvalue weighted by atomic mass is 32.1. The van der Waals surface area contributed by atoms with Crippen molar-refractivity contribution in [3.05, 3.63) is 34.8 Å². The largest absolute Gasteiger partial charge is 0.306 e. The molecule has 1 aromatic heterocycles. The van der Waals surface area contributed by atoms with Gasteiger partial charge in [0, 0.05) is 11.1 Å². The predicted molar refractivity (Wildman–Crippen MR) is 76.7 cm³/mol. The second-order valence-corrected chi connectivity index (χ2v) is 6.48. The third-order valence-corrected chi connectivity index (χ3v) is 3.57. The summed E-state index contributed by atoms with van der Waals surface area (Å²) in [6, 6.07) is 8.28. The van der Waals surface area contributed by atoms with E-state index in [1.54, 1.807) is 11.3 Å². The molecule has 0 fully saturated rings. The molecule has 0 bridgehead atoms. The number of nitrogens with one attached hydrogen (secondary N) is 1. The Balaban J connectivity index is 2.14. The van der Waals surface area contributed by atoms with Crippen LogP contribution < -0.4 is 5.32 Å². The van der Waals surface area contributed by atoms with Gasteiger partial charge < -0.3 is 5.32 Å². The average molecular weight is 261 g/mol. The zero-order chi connectivity index (χ0) is 13.2. The van der Waals surface area contributed by atoms with Crippen molar-refractivity contribution >= 4 is 11.3 Å². The van der Waals surface area contributed by atoms with E-state index in [4.69, 9.17) is 0 Å². The highest BCUT2D eigenvalue weighted by Crippen LogP contribution is 2.26. The summed E-state index contributed by atoms with van der Waals surface area (Å²) in [6.07, 6.45) is 0. The minimum Gasteiger partial charge on any atom is -0.306 e. The smallest absolute Gasteiger partial charge is 0.148 e. The van der Waals surface area contributed by atoms with Crippen molar-refractivity contribution in [3.63, 3.8) is 0 Å². The lowest BCUT2D eigenvalue weighted by Gasteiger charge is -2.19. The summed E-state index contributed by atoms with van der Waals surface area (Å²) in [5, 5.41) is 14.0. The molecule has 0 aliphatic rings. The molecule has 0 saturated carbocycles. The standard InChI is InChI=1S/C14H19N3S/c1-10-7-5-6-8-11(10)13-17-16-12(18-13)9-15-14(2,3)4/h5-8,15H,9H2,1-4H3. The molecular weight excluding hydrogens is 242 g/mol. The van der Waals surface area contributed by atoms with Gasteiger partial charge in [0.25, 0.3) is 0 Å². The molecular formula is C14H19N3S. The summed E-state index contributed by atoms with van der Waals surface area (Å²) >= 11 is 1.66. The van der Waals surface area contributed by atoms with E-state index in [1.165, 1.54) is 11.1 Å². The first-order valence-corrected chi connectivity index (χ1v) is 6.91. The molecule has 18 heavy (non-hydrogen) atoms. The Bertz CT molecular complexity index is 526. The molecule has 2 rings (SSSR count). The molecule has 1 N–H and O–H groups in total. The molecule has 1 heterocycles. The number of nitrogens with zero attached hydrogens (tertiary/aromatic N) is 2. The van der Waals surface area contributed by atoms with E-state index in [-0.39, 0.29) is 5.54 Å². The molecule has 0 aliphatic carbocycles. The fourth-order valence-corrected chi connectivity index (χ4v) is 2.46. The number of aryl methyl sites for hydroxylation is 1. The minimum atomic E-state index is 0.106. The first kappa shape index (κ1) is 13.2. The van der Waals surface area contributed by atoms with Gasteiger partial charge in [-0.25, -0.2) is 0 Å². The molecule has 2 aromatic rings. The third kappa shape index (κ3) is 3.37. The van der Waals surface area contributed by atoms with Crippen molar-refractivity contribution in [2.75, 3.05) is 0 Å². The Morgan fingerprint density at radius 1 is 1.17 bits per heavy atom. The fraction of sp³-hybridized carbons (Fsp3) is 0.429. The van der Waals surface area contributed by atoms with Gasteiger partial charge in [0.05, 0.1) is 6.54 Å². The number of hydrogen-bond acceptors (Lipinski definition) is 4. The van der Waals surface area contributed by atoms with Gasteiger partial charge in [-0.15, -0.1) is 10.2 Å². The molecule has 1 aromatic carbocycles.